The van der Waals surface area contributed by atoms with Gasteiger partial charge in [-0.2, -0.15) is 0 Å². The molecule has 2 rings (SSSR count). The van der Waals surface area contributed by atoms with Crippen molar-refractivity contribution in [3.8, 4) is 0 Å². The van der Waals surface area contributed by atoms with Gasteiger partial charge in [0.15, 0.2) is 5.96 Å². The van der Waals surface area contributed by atoms with Gasteiger partial charge in [0.1, 0.15) is 0 Å². The number of guanidine groups is 1. The molecule has 1 aliphatic carbocycles. The number of rotatable bonds is 7. The summed E-state index contributed by atoms with van der Waals surface area (Å²) in [4.78, 5) is 7.40. The lowest BCUT2D eigenvalue weighted by Crippen LogP contribution is -2.60. The third-order valence-electron chi connectivity index (χ3n) is 5.57. The van der Waals surface area contributed by atoms with E-state index in [1.807, 2.05) is 0 Å². The molecule has 0 atom stereocenters. The molecular formula is C19H38N4O2. The lowest BCUT2D eigenvalue weighted by molar-refractivity contribution is -0.0353. The summed E-state index contributed by atoms with van der Waals surface area (Å²) < 4.78 is 11.1. The van der Waals surface area contributed by atoms with Crippen LogP contribution in [0.4, 0.5) is 0 Å². The van der Waals surface area contributed by atoms with Crippen LogP contribution in [-0.2, 0) is 9.47 Å². The Bertz CT molecular complexity index is 414. The highest BCUT2D eigenvalue weighted by Crippen LogP contribution is 2.33. The Morgan fingerprint density at radius 2 is 1.84 bits per heavy atom. The molecule has 0 aromatic carbocycles. The van der Waals surface area contributed by atoms with Gasteiger partial charge in [-0.05, 0) is 33.6 Å². The third-order valence-corrected chi connectivity index (χ3v) is 5.57. The Morgan fingerprint density at radius 3 is 2.44 bits per heavy atom. The van der Waals surface area contributed by atoms with Gasteiger partial charge in [0.05, 0.1) is 25.4 Å². The molecule has 1 aliphatic heterocycles. The second-order valence-corrected chi connectivity index (χ2v) is 7.90. The molecule has 2 aliphatic rings. The maximum atomic E-state index is 5.58. The van der Waals surface area contributed by atoms with Crippen molar-refractivity contribution in [2.45, 2.75) is 64.0 Å². The number of morpholine rings is 1. The zero-order valence-corrected chi connectivity index (χ0v) is 16.7. The van der Waals surface area contributed by atoms with E-state index < -0.39 is 0 Å². The van der Waals surface area contributed by atoms with Crippen LogP contribution in [0.25, 0.3) is 0 Å². The van der Waals surface area contributed by atoms with E-state index in [0.717, 1.165) is 45.4 Å². The molecule has 1 saturated heterocycles. The molecule has 0 aromatic rings. The van der Waals surface area contributed by atoms with Gasteiger partial charge < -0.3 is 20.1 Å². The van der Waals surface area contributed by atoms with E-state index in [2.05, 4.69) is 36.3 Å². The topological polar surface area (TPSA) is 58.1 Å². The highest BCUT2D eigenvalue weighted by atomic mass is 16.5. The normalized spacial score (nSPS) is 22.6. The minimum Gasteiger partial charge on any atom is -0.379 e. The fourth-order valence-corrected chi connectivity index (χ4v) is 3.78. The Labute approximate surface area is 153 Å². The fourth-order valence-electron chi connectivity index (χ4n) is 3.78. The van der Waals surface area contributed by atoms with Crippen molar-refractivity contribution in [3.05, 3.63) is 0 Å². The van der Waals surface area contributed by atoms with Gasteiger partial charge in [-0.1, -0.05) is 19.3 Å². The summed E-state index contributed by atoms with van der Waals surface area (Å²) in [6.07, 6.45) is 6.54. The molecule has 0 amide bonds. The first-order valence-electron chi connectivity index (χ1n) is 9.91. The van der Waals surface area contributed by atoms with Crippen molar-refractivity contribution in [2.24, 2.45) is 4.99 Å². The van der Waals surface area contributed by atoms with Crippen LogP contribution < -0.4 is 10.6 Å². The van der Waals surface area contributed by atoms with Crippen LogP contribution in [0.1, 0.15) is 52.9 Å². The highest BCUT2D eigenvalue weighted by Gasteiger charge is 2.38. The van der Waals surface area contributed by atoms with E-state index in [1.54, 1.807) is 7.11 Å². The molecule has 25 heavy (non-hydrogen) atoms. The first-order valence-corrected chi connectivity index (χ1v) is 9.91. The predicted octanol–water partition coefficient (Wildman–Crippen LogP) is 2.00. The van der Waals surface area contributed by atoms with Crippen molar-refractivity contribution in [2.75, 3.05) is 53.0 Å². The SMILES string of the molecule is CCNC(=NCC(C)(C)OC)NCC1(N2CCOCC2)CCCCC1. The first-order chi connectivity index (χ1) is 12.0. The second-order valence-electron chi connectivity index (χ2n) is 7.90. The number of aliphatic imine (C=N–C) groups is 1. The number of methoxy groups -OCH3 is 1. The molecule has 6 nitrogen and oxygen atoms in total. The van der Waals surface area contributed by atoms with Crippen LogP contribution in [0, 0.1) is 0 Å². The molecule has 0 bridgehead atoms. The Hall–Kier alpha value is -0.850. The molecule has 2 N–H and O–H groups in total. The standard InChI is InChI=1S/C19H38N4O2/c1-5-20-17(21-15-18(2,3)24-4)22-16-19(9-7-6-8-10-19)23-11-13-25-14-12-23/h5-16H2,1-4H3,(H2,20,21,22). The number of hydrogen-bond acceptors (Lipinski definition) is 4. The van der Waals surface area contributed by atoms with Crippen molar-refractivity contribution in [1.82, 2.24) is 15.5 Å². The van der Waals surface area contributed by atoms with Crippen molar-refractivity contribution in [1.29, 1.82) is 0 Å². The lowest BCUT2D eigenvalue weighted by atomic mass is 9.80. The van der Waals surface area contributed by atoms with Crippen molar-refractivity contribution in [3.63, 3.8) is 0 Å². The van der Waals surface area contributed by atoms with E-state index in [4.69, 9.17) is 14.5 Å². The minimum absolute atomic E-state index is 0.241. The molecular weight excluding hydrogens is 316 g/mol. The summed E-state index contributed by atoms with van der Waals surface area (Å²) >= 11 is 0. The number of nitrogens with zero attached hydrogens (tertiary/aromatic N) is 2. The summed E-state index contributed by atoms with van der Waals surface area (Å²) in [5.41, 5.74) is 0.00405. The molecule has 1 saturated carbocycles. The Morgan fingerprint density at radius 1 is 1.16 bits per heavy atom. The molecule has 6 heteroatoms. The summed E-state index contributed by atoms with van der Waals surface area (Å²) in [5.74, 6) is 0.894. The maximum Gasteiger partial charge on any atom is 0.191 e. The van der Waals surface area contributed by atoms with Gasteiger partial charge in [-0.25, -0.2) is 0 Å². The third kappa shape index (κ3) is 6.12. The largest absolute Gasteiger partial charge is 0.379 e. The van der Waals surface area contributed by atoms with Crippen molar-refractivity contribution < 1.29 is 9.47 Å². The second kappa shape index (κ2) is 9.74. The monoisotopic (exact) mass is 354 g/mol. The number of hydrogen-bond donors (Lipinski definition) is 2. The molecule has 0 radical (unpaired) electrons. The molecule has 2 fully saturated rings. The average molecular weight is 355 g/mol. The molecule has 0 unspecified atom stereocenters. The zero-order chi connectivity index (χ0) is 18.2. The maximum absolute atomic E-state index is 5.58. The summed E-state index contributed by atoms with van der Waals surface area (Å²) in [6, 6.07) is 0. The van der Waals surface area contributed by atoms with Crippen LogP contribution in [0.2, 0.25) is 0 Å². The van der Waals surface area contributed by atoms with Crippen LogP contribution in [0.3, 0.4) is 0 Å². The predicted molar refractivity (Wildman–Crippen MR) is 103 cm³/mol. The van der Waals surface area contributed by atoms with Gasteiger partial charge in [0.2, 0.25) is 0 Å². The van der Waals surface area contributed by atoms with Crippen LogP contribution in [0.15, 0.2) is 4.99 Å². The van der Waals surface area contributed by atoms with E-state index in [-0.39, 0.29) is 11.1 Å². The van der Waals surface area contributed by atoms with E-state index in [0.29, 0.717) is 6.54 Å². The lowest BCUT2D eigenvalue weighted by Gasteiger charge is -2.48. The molecule has 1 heterocycles. The Balaban J connectivity index is 2.02. The molecule has 0 spiro atoms. The van der Waals surface area contributed by atoms with Gasteiger partial charge in [0, 0.05) is 38.8 Å². The quantitative estimate of drug-likeness (QED) is 0.541. The van der Waals surface area contributed by atoms with Gasteiger partial charge >= 0.3 is 0 Å². The van der Waals surface area contributed by atoms with Crippen LogP contribution >= 0.6 is 0 Å². The van der Waals surface area contributed by atoms with E-state index in [1.165, 1.54) is 32.1 Å². The van der Waals surface area contributed by atoms with Gasteiger partial charge in [-0.15, -0.1) is 0 Å². The van der Waals surface area contributed by atoms with E-state index >= 15 is 0 Å². The van der Waals surface area contributed by atoms with Crippen molar-refractivity contribution >= 4 is 5.96 Å². The van der Waals surface area contributed by atoms with Crippen LogP contribution in [-0.4, -0.2) is 75.0 Å². The summed E-state index contributed by atoms with van der Waals surface area (Å²) in [5, 5.41) is 7.01. The Kier molecular flexibility index (Phi) is 7.97. The van der Waals surface area contributed by atoms with Crippen LogP contribution in [0.5, 0.6) is 0 Å². The van der Waals surface area contributed by atoms with Gasteiger partial charge in [-0.3, -0.25) is 9.89 Å². The fraction of sp³-hybridized carbons (Fsp3) is 0.947. The molecule has 0 aromatic heterocycles. The zero-order valence-electron chi connectivity index (χ0n) is 16.7. The van der Waals surface area contributed by atoms with E-state index in [9.17, 15) is 0 Å². The smallest absolute Gasteiger partial charge is 0.191 e. The summed E-state index contributed by atoms with van der Waals surface area (Å²) in [7, 11) is 1.74. The summed E-state index contributed by atoms with van der Waals surface area (Å²) in [6.45, 7) is 12.5. The minimum atomic E-state index is -0.241. The number of nitrogens with one attached hydrogen (secondary N) is 2. The number of ether oxygens (including phenoxy) is 2. The average Bonchev–Trinajstić information content (AvgIpc) is 2.65. The first kappa shape index (κ1) is 20.5. The molecule has 146 valence electrons. The van der Waals surface area contributed by atoms with Gasteiger partial charge in [0.25, 0.3) is 0 Å². The highest BCUT2D eigenvalue weighted by molar-refractivity contribution is 5.79.